The first-order chi connectivity index (χ1) is 12.0. The van der Waals surface area contributed by atoms with Crippen molar-refractivity contribution in [2.45, 2.75) is 0 Å². The van der Waals surface area contributed by atoms with Crippen molar-refractivity contribution in [3.8, 4) is 0 Å². The molecule has 1 aliphatic rings. The number of benzene rings is 1. The molecule has 0 radical (unpaired) electrons. The van der Waals surface area contributed by atoms with Crippen molar-refractivity contribution < 1.29 is 23.9 Å². The van der Waals surface area contributed by atoms with Gasteiger partial charge in [0, 0.05) is 11.9 Å². The van der Waals surface area contributed by atoms with Crippen molar-refractivity contribution in [3.05, 3.63) is 59.4 Å². The molecular weight excluding hydrogens is 326 g/mol. The molecule has 3 rings (SSSR count). The van der Waals surface area contributed by atoms with Gasteiger partial charge in [0.1, 0.15) is 12.2 Å². The highest BCUT2D eigenvalue weighted by atomic mass is 16.5. The van der Waals surface area contributed by atoms with Gasteiger partial charge in [-0.25, -0.2) is 4.79 Å². The van der Waals surface area contributed by atoms with Gasteiger partial charge < -0.3 is 10.1 Å². The highest BCUT2D eigenvalue weighted by molar-refractivity contribution is 6.21. The molecule has 25 heavy (non-hydrogen) atoms. The van der Waals surface area contributed by atoms with Crippen LogP contribution in [0.15, 0.2) is 42.6 Å². The molecule has 0 unspecified atom stereocenters. The summed E-state index contributed by atoms with van der Waals surface area (Å²) in [6, 6.07) is 9.17. The molecule has 8 nitrogen and oxygen atoms in total. The van der Waals surface area contributed by atoms with Gasteiger partial charge >= 0.3 is 5.97 Å². The molecule has 0 spiro atoms. The van der Waals surface area contributed by atoms with Crippen LogP contribution < -0.4 is 5.32 Å². The SMILES string of the molecule is COC(=O)c1cccc(NC(=O)CN2C(=O)c3cccnc3C2=O)c1. The standard InChI is InChI=1S/C17H13N3O5/c1-25-17(24)10-4-2-5-11(8-10)19-13(21)9-20-15(22)12-6-3-7-18-14(12)16(20)23/h2-8H,9H2,1H3,(H,19,21). The fourth-order valence-corrected chi connectivity index (χ4v) is 2.44. The molecule has 2 heterocycles. The molecule has 0 atom stereocenters. The lowest BCUT2D eigenvalue weighted by Gasteiger charge is -2.13. The van der Waals surface area contributed by atoms with Crippen LogP contribution in [0.4, 0.5) is 5.69 Å². The Labute approximate surface area is 142 Å². The van der Waals surface area contributed by atoms with E-state index in [0.29, 0.717) is 5.69 Å². The van der Waals surface area contributed by atoms with Crippen LogP contribution in [-0.2, 0) is 9.53 Å². The normalized spacial score (nSPS) is 12.8. The van der Waals surface area contributed by atoms with Gasteiger partial charge in [0.15, 0.2) is 0 Å². The minimum absolute atomic E-state index is 0.0352. The van der Waals surface area contributed by atoms with Crippen molar-refractivity contribution in [1.29, 1.82) is 0 Å². The Morgan fingerprint density at radius 2 is 1.96 bits per heavy atom. The maximum Gasteiger partial charge on any atom is 0.337 e. The van der Waals surface area contributed by atoms with Gasteiger partial charge in [-0.1, -0.05) is 6.07 Å². The summed E-state index contributed by atoms with van der Waals surface area (Å²) < 4.78 is 4.61. The third-order valence-corrected chi connectivity index (χ3v) is 3.60. The van der Waals surface area contributed by atoms with E-state index < -0.39 is 30.2 Å². The second-order valence-corrected chi connectivity index (χ2v) is 5.22. The Kier molecular flexibility index (Phi) is 4.25. The summed E-state index contributed by atoms with van der Waals surface area (Å²) in [5, 5.41) is 2.54. The van der Waals surface area contributed by atoms with Crippen molar-refractivity contribution in [3.63, 3.8) is 0 Å². The first-order valence-electron chi connectivity index (χ1n) is 7.30. The molecule has 1 aromatic carbocycles. The lowest BCUT2D eigenvalue weighted by molar-refractivity contribution is -0.116. The smallest absolute Gasteiger partial charge is 0.337 e. The topological polar surface area (TPSA) is 106 Å². The van der Waals surface area contributed by atoms with E-state index >= 15 is 0 Å². The van der Waals surface area contributed by atoms with Crippen molar-refractivity contribution in [2.24, 2.45) is 0 Å². The Bertz CT molecular complexity index is 858. The number of fused-ring (bicyclic) bond motifs is 1. The number of carbonyl (C=O) groups excluding carboxylic acids is 4. The number of hydrogen-bond acceptors (Lipinski definition) is 6. The number of methoxy groups -OCH3 is 1. The Morgan fingerprint density at radius 1 is 1.16 bits per heavy atom. The molecule has 8 heteroatoms. The van der Waals surface area contributed by atoms with Gasteiger partial charge in [0.05, 0.1) is 18.2 Å². The molecular formula is C17H13N3O5. The van der Waals surface area contributed by atoms with E-state index in [1.54, 1.807) is 18.2 Å². The monoisotopic (exact) mass is 339 g/mol. The number of rotatable bonds is 4. The Balaban J connectivity index is 1.71. The molecule has 3 amide bonds. The molecule has 0 fully saturated rings. The van der Waals surface area contributed by atoms with Gasteiger partial charge in [-0.3, -0.25) is 24.3 Å². The maximum absolute atomic E-state index is 12.2. The van der Waals surface area contributed by atoms with Crippen molar-refractivity contribution in [1.82, 2.24) is 9.88 Å². The van der Waals surface area contributed by atoms with Crippen LogP contribution in [0.1, 0.15) is 31.2 Å². The number of amides is 3. The fraction of sp³-hybridized carbons (Fsp3) is 0.118. The number of aromatic nitrogens is 1. The lowest BCUT2D eigenvalue weighted by Crippen LogP contribution is -2.37. The van der Waals surface area contributed by atoms with E-state index in [-0.39, 0.29) is 16.8 Å². The summed E-state index contributed by atoms with van der Waals surface area (Å²) in [6.45, 7) is -0.448. The molecule has 2 aromatic rings. The van der Waals surface area contributed by atoms with E-state index in [1.165, 1.54) is 31.5 Å². The largest absolute Gasteiger partial charge is 0.465 e. The zero-order chi connectivity index (χ0) is 18.0. The second-order valence-electron chi connectivity index (χ2n) is 5.22. The van der Waals surface area contributed by atoms with E-state index in [2.05, 4.69) is 15.0 Å². The van der Waals surface area contributed by atoms with Gasteiger partial charge in [-0.2, -0.15) is 0 Å². The van der Waals surface area contributed by atoms with Crippen LogP contribution in [-0.4, -0.2) is 47.2 Å². The van der Waals surface area contributed by atoms with E-state index in [9.17, 15) is 19.2 Å². The minimum atomic E-state index is -0.612. The summed E-state index contributed by atoms with van der Waals surface area (Å²) in [5.41, 5.74) is 0.828. The average molecular weight is 339 g/mol. The molecule has 1 aromatic heterocycles. The quantitative estimate of drug-likeness (QED) is 0.660. The van der Waals surface area contributed by atoms with Crippen LogP contribution in [0.2, 0.25) is 0 Å². The summed E-state index contributed by atoms with van der Waals surface area (Å²) >= 11 is 0. The number of nitrogens with one attached hydrogen (secondary N) is 1. The van der Waals surface area contributed by atoms with Gasteiger partial charge in [0.2, 0.25) is 5.91 Å². The molecule has 0 bridgehead atoms. The van der Waals surface area contributed by atoms with E-state index in [1.807, 2.05) is 0 Å². The number of esters is 1. The highest BCUT2D eigenvalue weighted by Gasteiger charge is 2.37. The summed E-state index contributed by atoms with van der Waals surface area (Å²) in [5.74, 6) is -2.29. The summed E-state index contributed by atoms with van der Waals surface area (Å²) in [6.07, 6.45) is 1.41. The average Bonchev–Trinajstić information content (AvgIpc) is 2.86. The lowest BCUT2D eigenvalue weighted by atomic mass is 10.2. The molecule has 0 saturated carbocycles. The molecule has 0 aliphatic carbocycles. The molecule has 126 valence electrons. The van der Waals surface area contributed by atoms with Crippen LogP contribution >= 0.6 is 0 Å². The highest BCUT2D eigenvalue weighted by Crippen LogP contribution is 2.20. The van der Waals surface area contributed by atoms with Crippen molar-refractivity contribution >= 4 is 29.4 Å². The van der Waals surface area contributed by atoms with Crippen LogP contribution in [0.25, 0.3) is 0 Å². The second kappa shape index (κ2) is 6.52. The zero-order valence-corrected chi connectivity index (χ0v) is 13.2. The number of ether oxygens (including phenoxy) is 1. The number of pyridine rings is 1. The predicted molar refractivity (Wildman–Crippen MR) is 86.0 cm³/mol. The molecule has 0 saturated heterocycles. The summed E-state index contributed by atoms with van der Waals surface area (Å²) in [7, 11) is 1.25. The van der Waals surface area contributed by atoms with Crippen LogP contribution in [0.5, 0.6) is 0 Å². The van der Waals surface area contributed by atoms with E-state index in [4.69, 9.17) is 0 Å². The first-order valence-corrected chi connectivity index (χ1v) is 7.30. The zero-order valence-electron chi connectivity index (χ0n) is 13.2. The molecule has 1 N–H and O–H groups in total. The maximum atomic E-state index is 12.2. The molecule has 1 aliphatic heterocycles. The van der Waals surface area contributed by atoms with E-state index in [0.717, 1.165) is 4.90 Å². The predicted octanol–water partition coefficient (Wildman–Crippen LogP) is 1.10. The number of hydrogen-bond donors (Lipinski definition) is 1. The third-order valence-electron chi connectivity index (χ3n) is 3.60. The minimum Gasteiger partial charge on any atom is -0.465 e. The van der Waals surface area contributed by atoms with Gasteiger partial charge in [-0.05, 0) is 30.3 Å². The Hall–Kier alpha value is -3.55. The third kappa shape index (κ3) is 3.09. The fourth-order valence-electron chi connectivity index (χ4n) is 2.44. The first kappa shape index (κ1) is 16.3. The number of carbonyl (C=O) groups is 4. The van der Waals surface area contributed by atoms with Gasteiger partial charge in [-0.15, -0.1) is 0 Å². The summed E-state index contributed by atoms with van der Waals surface area (Å²) in [4.78, 5) is 52.8. The Morgan fingerprint density at radius 3 is 2.68 bits per heavy atom. The number of imide groups is 1. The van der Waals surface area contributed by atoms with Gasteiger partial charge in [0.25, 0.3) is 11.8 Å². The number of anilines is 1. The van der Waals surface area contributed by atoms with Crippen molar-refractivity contribution in [2.75, 3.05) is 19.0 Å². The van der Waals surface area contributed by atoms with Crippen LogP contribution in [0, 0.1) is 0 Å². The number of nitrogens with zero attached hydrogens (tertiary/aromatic N) is 2. The van der Waals surface area contributed by atoms with Crippen LogP contribution in [0.3, 0.4) is 0 Å².